The van der Waals surface area contributed by atoms with E-state index in [-0.39, 0.29) is 30.5 Å². The van der Waals surface area contributed by atoms with Crippen LogP contribution in [0.3, 0.4) is 0 Å². The minimum Gasteiger partial charge on any atom is -0.354 e. The molecule has 1 atom stereocenters. The molecule has 7 nitrogen and oxygen atoms in total. The third-order valence-electron chi connectivity index (χ3n) is 6.30. The van der Waals surface area contributed by atoms with Crippen molar-refractivity contribution < 1.29 is 26.8 Å². The van der Waals surface area contributed by atoms with Gasteiger partial charge in [0.25, 0.3) is 0 Å². The fraction of sp³-hybridized carbons (Fsp3) is 0.333. The van der Waals surface area contributed by atoms with Gasteiger partial charge in [-0.05, 0) is 36.1 Å². The number of carbonyl (C=O) groups excluding carboxylic acids is 2. The van der Waals surface area contributed by atoms with Gasteiger partial charge in [0.05, 0.1) is 11.9 Å². The SMILES string of the molecule is Cc1ccc(CN(C(=O)CN(c2ccc(F)c(F)c2)S(C)(=O)=O)[C@@H](Cc2ccccc2)C(=O)NCC(C)C)cc1. The Balaban J connectivity index is 2.05. The van der Waals surface area contributed by atoms with Crippen LogP contribution in [-0.4, -0.2) is 50.5 Å². The molecule has 10 heteroatoms. The molecule has 3 aromatic rings. The first-order valence-electron chi connectivity index (χ1n) is 12.9. The molecule has 0 aliphatic carbocycles. The molecule has 0 saturated heterocycles. The van der Waals surface area contributed by atoms with Gasteiger partial charge in [-0.3, -0.25) is 13.9 Å². The van der Waals surface area contributed by atoms with Crippen LogP contribution < -0.4 is 9.62 Å². The summed E-state index contributed by atoms with van der Waals surface area (Å²) >= 11 is 0. The number of benzene rings is 3. The molecule has 0 bridgehead atoms. The molecule has 3 aromatic carbocycles. The van der Waals surface area contributed by atoms with Crippen molar-refractivity contribution in [3.05, 3.63) is 101 Å². The molecule has 0 aromatic heterocycles. The molecule has 0 heterocycles. The maximum Gasteiger partial charge on any atom is 0.244 e. The van der Waals surface area contributed by atoms with Gasteiger partial charge in [-0.2, -0.15) is 0 Å². The Labute approximate surface area is 234 Å². The maximum atomic E-state index is 14.0. The smallest absolute Gasteiger partial charge is 0.244 e. The Bertz CT molecular complexity index is 1410. The molecule has 2 amide bonds. The van der Waals surface area contributed by atoms with Crippen molar-refractivity contribution in [2.24, 2.45) is 5.92 Å². The monoisotopic (exact) mass is 571 g/mol. The minimum absolute atomic E-state index is 0.0289. The first-order valence-corrected chi connectivity index (χ1v) is 14.8. The average Bonchev–Trinajstić information content (AvgIpc) is 2.90. The normalized spacial score (nSPS) is 12.2. The van der Waals surface area contributed by atoms with Crippen molar-refractivity contribution in [2.45, 2.75) is 39.8 Å². The summed E-state index contributed by atoms with van der Waals surface area (Å²) in [7, 11) is -4.08. The first-order chi connectivity index (χ1) is 18.8. The highest BCUT2D eigenvalue weighted by Gasteiger charge is 2.33. The Kier molecular flexibility index (Phi) is 10.4. The number of anilines is 1. The summed E-state index contributed by atoms with van der Waals surface area (Å²) in [5.74, 6) is -3.27. The zero-order valence-corrected chi connectivity index (χ0v) is 23.9. The third-order valence-corrected chi connectivity index (χ3v) is 7.44. The van der Waals surface area contributed by atoms with E-state index >= 15 is 0 Å². The number of hydrogen-bond donors (Lipinski definition) is 1. The number of nitrogens with zero attached hydrogens (tertiary/aromatic N) is 2. The van der Waals surface area contributed by atoms with Crippen LogP contribution >= 0.6 is 0 Å². The van der Waals surface area contributed by atoms with Crippen molar-refractivity contribution in [1.82, 2.24) is 10.2 Å². The molecule has 3 rings (SSSR count). The van der Waals surface area contributed by atoms with Gasteiger partial charge in [-0.15, -0.1) is 0 Å². The number of sulfonamides is 1. The largest absolute Gasteiger partial charge is 0.354 e. The van der Waals surface area contributed by atoms with Crippen molar-refractivity contribution in [2.75, 3.05) is 23.7 Å². The lowest BCUT2D eigenvalue weighted by Gasteiger charge is -2.33. The van der Waals surface area contributed by atoms with Crippen LogP contribution in [0, 0.1) is 24.5 Å². The molecule has 0 aliphatic rings. The second kappa shape index (κ2) is 13.5. The van der Waals surface area contributed by atoms with E-state index in [9.17, 15) is 26.8 Å². The lowest BCUT2D eigenvalue weighted by Crippen LogP contribution is -2.53. The number of carbonyl (C=O) groups is 2. The zero-order chi connectivity index (χ0) is 29.4. The van der Waals surface area contributed by atoms with Crippen molar-refractivity contribution in [3.8, 4) is 0 Å². The molecule has 214 valence electrons. The third kappa shape index (κ3) is 8.61. The molecule has 40 heavy (non-hydrogen) atoms. The predicted molar refractivity (Wildman–Crippen MR) is 152 cm³/mol. The summed E-state index contributed by atoms with van der Waals surface area (Å²) in [6, 6.07) is 18.3. The number of amides is 2. The first kappa shape index (κ1) is 30.7. The van der Waals surface area contributed by atoms with Gasteiger partial charge in [-0.1, -0.05) is 74.0 Å². The zero-order valence-electron chi connectivity index (χ0n) is 23.1. The standard InChI is InChI=1S/C30H35F2N3O4S/c1-21(2)18-33-30(37)28(16-23-8-6-5-7-9-23)34(19-24-12-10-22(3)11-13-24)29(36)20-35(40(4,38)39)25-14-15-26(31)27(32)17-25/h5-15,17,21,28H,16,18-20H2,1-4H3,(H,33,37)/t28-/m0/s1. The van der Waals surface area contributed by atoms with Crippen LogP contribution in [-0.2, 0) is 32.6 Å². The fourth-order valence-electron chi connectivity index (χ4n) is 4.12. The van der Waals surface area contributed by atoms with E-state index in [4.69, 9.17) is 0 Å². The number of nitrogens with one attached hydrogen (secondary N) is 1. The van der Waals surface area contributed by atoms with Gasteiger partial charge in [0.15, 0.2) is 11.6 Å². The van der Waals surface area contributed by atoms with E-state index in [1.807, 2.05) is 75.4 Å². The minimum atomic E-state index is -4.08. The molecule has 0 aliphatic heterocycles. The summed E-state index contributed by atoms with van der Waals surface area (Å²) in [4.78, 5) is 28.8. The van der Waals surface area contributed by atoms with Crippen LogP contribution in [0.2, 0.25) is 0 Å². The molecule has 1 N–H and O–H groups in total. The highest BCUT2D eigenvalue weighted by Crippen LogP contribution is 2.22. The highest BCUT2D eigenvalue weighted by molar-refractivity contribution is 7.92. The number of aryl methyl sites for hydroxylation is 1. The van der Waals surface area contributed by atoms with Crippen LogP contribution in [0.4, 0.5) is 14.5 Å². The lowest BCUT2D eigenvalue weighted by molar-refractivity contribution is -0.140. The summed E-state index contributed by atoms with van der Waals surface area (Å²) < 4.78 is 53.8. The van der Waals surface area contributed by atoms with Gasteiger partial charge in [0.2, 0.25) is 21.8 Å². The number of rotatable bonds is 12. The number of hydrogen-bond acceptors (Lipinski definition) is 4. The van der Waals surface area contributed by atoms with Gasteiger partial charge < -0.3 is 10.2 Å². The Hall–Kier alpha value is -3.79. The summed E-state index contributed by atoms with van der Waals surface area (Å²) in [5.41, 5.74) is 2.37. The second-order valence-electron chi connectivity index (χ2n) is 10.2. The van der Waals surface area contributed by atoms with Gasteiger partial charge in [0.1, 0.15) is 12.6 Å². The quantitative estimate of drug-likeness (QED) is 0.348. The molecule has 0 saturated carbocycles. The Morgan fingerprint density at radius 1 is 0.900 bits per heavy atom. The van der Waals surface area contributed by atoms with E-state index in [1.165, 1.54) is 4.90 Å². The van der Waals surface area contributed by atoms with Crippen molar-refractivity contribution >= 4 is 27.5 Å². The van der Waals surface area contributed by atoms with Crippen molar-refractivity contribution in [3.63, 3.8) is 0 Å². The Morgan fingerprint density at radius 2 is 1.55 bits per heavy atom. The maximum absolute atomic E-state index is 14.0. The average molecular weight is 572 g/mol. The lowest BCUT2D eigenvalue weighted by atomic mass is 10.0. The van der Waals surface area contributed by atoms with Crippen LogP contribution in [0.5, 0.6) is 0 Å². The Morgan fingerprint density at radius 3 is 2.12 bits per heavy atom. The van der Waals surface area contributed by atoms with E-state index in [0.717, 1.165) is 41.1 Å². The van der Waals surface area contributed by atoms with Crippen LogP contribution in [0.1, 0.15) is 30.5 Å². The molecule has 0 spiro atoms. The van der Waals surface area contributed by atoms with Crippen molar-refractivity contribution in [1.29, 1.82) is 0 Å². The topological polar surface area (TPSA) is 86.8 Å². The summed E-state index contributed by atoms with van der Waals surface area (Å²) in [6.07, 6.45) is 1.06. The molecule has 0 fully saturated rings. The molecular weight excluding hydrogens is 536 g/mol. The summed E-state index contributed by atoms with van der Waals surface area (Å²) in [5, 5.41) is 2.91. The molecule has 0 unspecified atom stereocenters. The van der Waals surface area contributed by atoms with Crippen LogP contribution in [0.25, 0.3) is 0 Å². The predicted octanol–water partition coefficient (Wildman–Crippen LogP) is 4.45. The second-order valence-corrected chi connectivity index (χ2v) is 12.1. The van der Waals surface area contributed by atoms with E-state index in [0.29, 0.717) is 10.8 Å². The van der Waals surface area contributed by atoms with Gasteiger partial charge >= 0.3 is 0 Å². The van der Waals surface area contributed by atoms with Gasteiger partial charge in [0, 0.05) is 25.6 Å². The van der Waals surface area contributed by atoms with E-state index in [1.54, 1.807) is 0 Å². The van der Waals surface area contributed by atoms with Gasteiger partial charge in [-0.25, -0.2) is 17.2 Å². The highest BCUT2D eigenvalue weighted by atomic mass is 32.2. The van der Waals surface area contributed by atoms with E-state index < -0.39 is 40.2 Å². The van der Waals surface area contributed by atoms with Crippen LogP contribution in [0.15, 0.2) is 72.8 Å². The fourth-order valence-corrected chi connectivity index (χ4v) is 4.96. The molecule has 0 radical (unpaired) electrons. The summed E-state index contributed by atoms with van der Waals surface area (Å²) in [6.45, 7) is 5.54. The van der Waals surface area contributed by atoms with E-state index in [2.05, 4.69) is 5.32 Å². The molecular formula is C30H35F2N3O4S. The number of halogens is 2.